The van der Waals surface area contributed by atoms with Crippen LogP contribution >= 0.6 is 0 Å². The molecule has 0 radical (unpaired) electrons. The third kappa shape index (κ3) is 14.1. The van der Waals surface area contributed by atoms with E-state index in [2.05, 4.69) is 13.1 Å². The maximum atomic E-state index is 10.6. The zero-order chi connectivity index (χ0) is 17.5. The summed E-state index contributed by atoms with van der Waals surface area (Å²) in [5.74, 6) is -0.546. The highest BCUT2D eigenvalue weighted by atomic mass is 16.4. The maximum Gasteiger partial charge on any atom is 0.303 e. The number of carboxylic acid groups (broad SMARTS) is 1. The van der Waals surface area contributed by atoms with E-state index in [-0.39, 0.29) is 18.4 Å². The highest BCUT2D eigenvalue weighted by Crippen LogP contribution is 2.13. The number of aliphatic hydroxyl groups is 1. The molecule has 0 heterocycles. The SMILES string of the molecule is CCCCCC(O)CCCN(C#N)CCCCC(C)CC(=O)O. The van der Waals surface area contributed by atoms with Gasteiger partial charge in [-0.1, -0.05) is 46.0 Å². The summed E-state index contributed by atoms with van der Waals surface area (Å²) in [6.07, 6.45) is 10.8. The minimum atomic E-state index is -0.742. The normalized spacial score (nSPS) is 13.3. The van der Waals surface area contributed by atoms with Gasteiger partial charge < -0.3 is 15.1 Å². The van der Waals surface area contributed by atoms with E-state index in [1.54, 1.807) is 4.90 Å². The summed E-state index contributed by atoms with van der Waals surface area (Å²) >= 11 is 0. The number of aliphatic hydroxyl groups excluding tert-OH is 1. The van der Waals surface area contributed by atoms with E-state index >= 15 is 0 Å². The van der Waals surface area contributed by atoms with Gasteiger partial charge >= 0.3 is 5.97 Å². The van der Waals surface area contributed by atoms with Gasteiger partial charge in [0.15, 0.2) is 6.19 Å². The average molecular weight is 326 g/mol. The number of rotatable bonds is 15. The number of hydrogen-bond acceptors (Lipinski definition) is 4. The molecule has 0 spiro atoms. The third-order valence-electron chi connectivity index (χ3n) is 4.15. The molecule has 0 bridgehead atoms. The van der Waals surface area contributed by atoms with Crippen molar-refractivity contribution in [3.8, 4) is 6.19 Å². The second-order valence-electron chi connectivity index (χ2n) is 6.58. The van der Waals surface area contributed by atoms with E-state index < -0.39 is 5.97 Å². The first-order valence-electron chi connectivity index (χ1n) is 9.04. The van der Waals surface area contributed by atoms with Gasteiger partial charge in [0.2, 0.25) is 0 Å². The molecule has 2 atom stereocenters. The average Bonchev–Trinajstić information content (AvgIpc) is 2.49. The highest BCUT2D eigenvalue weighted by Gasteiger charge is 2.09. The van der Waals surface area contributed by atoms with Crippen LogP contribution in [-0.2, 0) is 4.79 Å². The van der Waals surface area contributed by atoms with Gasteiger partial charge in [0.05, 0.1) is 6.10 Å². The molecule has 2 unspecified atom stereocenters. The summed E-state index contributed by atoms with van der Waals surface area (Å²) in [5, 5.41) is 27.7. The first-order valence-corrected chi connectivity index (χ1v) is 9.04. The second kappa shape index (κ2) is 14.3. The predicted molar refractivity (Wildman–Crippen MR) is 91.8 cm³/mol. The summed E-state index contributed by atoms with van der Waals surface area (Å²) in [7, 11) is 0. The van der Waals surface area contributed by atoms with E-state index in [0.29, 0.717) is 6.54 Å². The van der Waals surface area contributed by atoms with Crippen LogP contribution < -0.4 is 0 Å². The highest BCUT2D eigenvalue weighted by molar-refractivity contribution is 5.66. The molecule has 0 saturated heterocycles. The van der Waals surface area contributed by atoms with Gasteiger partial charge in [0.1, 0.15) is 0 Å². The summed E-state index contributed by atoms with van der Waals surface area (Å²) in [6.45, 7) is 5.53. The summed E-state index contributed by atoms with van der Waals surface area (Å²) in [4.78, 5) is 12.3. The van der Waals surface area contributed by atoms with Crippen LogP contribution in [-0.4, -0.2) is 40.3 Å². The molecule has 0 aromatic rings. The van der Waals surface area contributed by atoms with Crippen LogP contribution in [0.15, 0.2) is 0 Å². The smallest absolute Gasteiger partial charge is 0.303 e. The lowest BCUT2D eigenvalue weighted by atomic mass is 10.0. The minimum Gasteiger partial charge on any atom is -0.481 e. The predicted octanol–water partition coefficient (Wildman–Crippen LogP) is 3.77. The lowest BCUT2D eigenvalue weighted by Gasteiger charge is -2.17. The Kier molecular flexibility index (Phi) is 13.5. The zero-order valence-electron chi connectivity index (χ0n) is 14.8. The first kappa shape index (κ1) is 21.7. The molecule has 0 amide bonds. The molecular formula is C18H34N2O3. The molecule has 5 nitrogen and oxygen atoms in total. The molecule has 0 aliphatic carbocycles. The van der Waals surface area contributed by atoms with Gasteiger partial charge in [0, 0.05) is 19.5 Å². The molecule has 0 aliphatic rings. The van der Waals surface area contributed by atoms with Gasteiger partial charge in [-0.05, 0) is 31.6 Å². The fraction of sp³-hybridized carbons (Fsp3) is 0.889. The molecule has 0 aromatic carbocycles. The van der Waals surface area contributed by atoms with Gasteiger partial charge in [-0.2, -0.15) is 5.26 Å². The molecular weight excluding hydrogens is 292 g/mol. The maximum absolute atomic E-state index is 10.6. The van der Waals surface area contributed by atoms with Crippen molar-refractivity contribution in [2.45, 2.75) is 84.2 Å². The molecule has 23 heavy (non-hydrogen) atoms. The van der Waals surface area contributed by atoms with Crippen molar-refractivity contribution in [3.05, 3.63) is 0 Å². The number of nitrogens with zero attached hydrogens (tertiary/aromatic N) is 2. The topological polar surface area (TPSA) is 84.6 Å². The number of carbonyl (C=O) groups is 1. The third-order valence-corrected chi connectivity index (χ3v) is 4.15. The molecule has 2 N–H and O–H groups in total. The fourth-order valence-electron chi connectivity index (χ4n) is 2.70. The first-order chi connectivity index (χ1) is 11.0. The second-order valence-corrected chi connectivity index (χ2v) is 6.58. The Morgan fingerprint density at radius 1 is 1.09 bits per heavy atom. The van der Waals surface area contributed by atoms with E-state index in [1.807, 2.05) is 6.92 Å². The Balaban J connectivity index is 3.67. The largest absolute Gasteiger partial charge is 0.481 e. The van der Waals surface area contributed by atoms with Crippen molar-refractivity contribution in [2.75, 3.05) is 13.1 Å². The van der Waals surface area contributed by atoms with E-state index in [1.165, 1.54) is 12.8 Å². The van der Waals surface area contributed by atoms with Crippen LogP contribution in [0.1, 0.15) is 78.1 Å². The van der Waals surface area contributed by atoms with Crippen LogP contribution in [0, 0.1) is 17.4 Å². The Bertz CT molecular complexity index is 342. The fourth-order valence-corrected chi connectivity index (χ4v) is 2.70. The van der Waals surface area contributed by atoms with Crippen LogP contribution in [0.25, 0.3) is 0 Å². The Morgan fingerprint density at radius 2 is 1.70 bits per heavy atom. The van der Waals surface area contributed by atoms with Crippen molar-refractivity contribution >= 4 is 5.97 Å². The minimum absolute atomic E-state index is 0.196. The molecule has 134 valence electrons. The molecule has 5 heteroatoms. The van der Waals surface area contributed by atoms with E-state index in [4.69, 9.17) is 10.4 Å². The molecule has 0 aromatic heterocycles. The lowest BCUT2D eigenvalue weighted by molar-refractivity contribution is -0.138. The molecule has 0 saturated carbocycles. The van der Waals surface area contributed by atoms with Crippen LogP contribution in [0.5, 0.6) is 0 Å². The number of carboxylic acids is 1. The molecule has 0 fully saturated rings. The van der Waals surface area contributed by atoms with Crippen molar-refractivity contribution < 1.29 is 15.0 Å². The molecule has 0 rings (SSSR count). The quantitative estimate of drug-likeness (QED) is 0.272. The summed E-state index contributed by atoms with van der Waals surface area (Å²) in [6, 6.07) is 0. The van der Waals surface area contributed by atoms with Crippen LogP contribution in [0.2, 0.25) is 0 Å². The van der Waals surface area contributed by atoms with Crippen molar-refractivity contribution in [3.63, 3.8) is 0 Å². The lowest BCUT2D eigenvalue weighted by Crippen LogP contribution is -2.22. The Morgan fingerprint density at radius 3 is 2.30 bits per heavy atom. The van der Waals surface area contributed by atoms with Crippen molar-refractivity contribution in [2.24, 2.45) is 5.92 Å². The van der Waals surface area contributed by atoms with Crippen LogP contribution in [0.4, 0.5) is 0 Å². The summed E-state index contributed by atoms with van der Waals surface area (Å²) in [5.41, 5.74) is 0. The number of hydrogen-bond donors (Lipinski definition) is 2. The molecule has 0 aliphatic heterocycles. The van der Waals surface area contributed by atoms with Gasteiger partial charge in [0.25, 0.3) is 0 Å². The Labute approximate surface area is 141 Å². The number of nitriles is 1. The van der Waals surface area contributed by atoms with E-state index in [9.17, 15) is 9.90 Å². The summed E-state index contributed by atoms with van der Waals surface area (Å²) < 4.78 is 0. The van der Waals surface area contributed by atoms with Gasteiger partial charge in [-0.15, -0.1) is 0 Å². The van der Waals surface area contributed by atoms with Gasteiger partial charge in [-0.25, -0.2) is 0 Å². The zero-order valence-corrected chi connectivity index (χ0v) is 14.8. The van der Waals surface area contributed by atoms with Crippen molar-refractivity contribution in [1.82, 2.24) is 4.90 Å². The van der Waals surface area contributed by atoms with Crippen LogP contribution in [0.3, 0.4) is 0 Å². The monoisotopic (exact) mass is 326 g/mol. The number of unbranched alkanes of at least 4 members (excludes halogenated alkanes) is 3. The van der Waals surface area contributed by atoms with E-state index in [0.717, 1.165) is 51.5 Å². The van der Waals surface area contributed by atoms with Crippen molar-refractivity contribution in [1.29, 1.82) is 5.26 Å². The standard InChI is InChI=1S/C18H34N2O3/c1-3-4-5-10-17(21)11-8-13-20(15-19)12-7-6-9-16(2)14-18(22)23/h16-17,21H,3-14H2,1-2H3,(H,22,23). The number of aliphatic carboxylic acids is 1. The Hall–Kier alpha value is -1.28. The van der Waals surface area contributed by atoms with Gasteiger partial charge in [-0.3, -0.25) is 4.79 Å².